The fraction of sp³-hybridized carbons (Fsp3) is 0.455. The summed E-state index contributed by atoms with van der Waals surface area (Å²) in [7, 11) is 0. The van der Waals surface area contributed by atoms with Crippen LogP contribution in [0.15, 0.2) is 18.2 Å². The first-order chi connectivity index (χ1) is 6.56. The number of halogens is 2. The van der Waals surface area contributed by atoms with Gasteiger partial charge in [0, 0.05) is 0 Å². The minimum absolute atomic E-state index is 0.168. The van der Waals surface area contributed by atoms with Crippen LogP contribution < -0.4 is 5.73 Å². The van der Waals surface area contributed by atoms with Crippen molar-refractivity contribution in [2.24, 2.45) is 11.7 Å². The van der Waals surface area contributed by atoms with E-state index in [0.29, 0.717) is 12.5 Å². The molecule has 0 bridgehead atoms. The Morgan fingerprint density at radius 3 is 2.50 bits per heavy atom. The van der Waals surface area contributed by atoms with Gasteiger partial charge < -0.3 is 5.73 Å². The molecule has 1 aromatic rings. The number of hydrogen-bond acceptors (Lipinski definition) is 1. The third-order valence-corrected chi connectivity index (χ3v) is 2.72. The first-order valence-corrected chi connectivity index (χ1v) is 5.09. The van der Waals surface area contributed by atoms with Gasteiger partial charge in [0.05, 0.1) is 5.02 Å². The van der Waals surface area contributed by atoms with Crippen molar-refractivity contribution in [3.05, 3.63) is 34.6 Å². The molecular weight excluding hydrogens is 201 g/mol. The monoisotopic (exact) mass is 215 g/mol. The SMILES string of the molecule is CC(C)C(CN)c1ccc(F)c(Cl)c1. The summed E-state index contributed by atoms with van der Waals surface area (Å²) in [5, 5.41) is 0.168. The molecule has 0 fully saturated rings. The fourth-order valence-corrected chi connectivity index (χ4v) is 1.73. The lowest BCUT2D eigenvalue weighted by Gasteiger charge is -2.19. The number of nitrogens with two attached hydrogens (primary N) is 1. The highest BCUT2D eigenvalue weighted by Crippen LogP contribution is 2.26. The molecule has 0 saturated carbocycles. The van der Waals surface area contributed by atoms with Gasteiger partial charge in [-0.05, 0) is 36.1 Å². The molecule has 1 rings (SSSR count). The Balaban J connectivity index is 3.00. The third-order valence-electron chi connectivity index (χ3n) is 2.43. The molecule has 1 atom stereocenters. The van der Waals surface area contributed by atoms with E-state index in [9.17, 15) is 4.39 Å². The van der Waals surface area contributed by atoms with Crippen LogP contribution in [0, 0.1) is 11.7 Å². The van der Waals surface area contributed by atoms with Crippen molar-refractivity contribution in [1.29, 1.82) is 0 Å². The summed E-state index contributed by atoms with van der Waals surface area (Å²) in [5.74, 6) is 0.296. The van der Waals surface area contributed by atoms with E-state index in [0.717, 1.165) is 5.56 Å². The summed E-state index contributed by atoms with van der Waals surface area (Å²) < 4.78 is 12.9. The average molecular weight is 216 g/mol. The van der Waals surface area contributed by atoms with Crippen LogP contribution in [0.5, 0.6) is 0 Å². The molecule has 3 heteroatoms. The quantitative estimate of drug-likeness (QED) is 0.824. The van der Waals surface area contributed by atoms with Crippen molar-refractivity contribution < 1.29 is 4.39 Å². The van der Waals surface area contributed by atoms with Crippen molar-refractivity contribution in [3.63, 3.8) is 0 Å². The highest BCUT2D eigenvalue weighted by Gasteiger charge is 2.15. The first kappa shape index (κ1) is 11.5. The van der Waals surface area contributed by atoms with E-state index < -0.39 is 0 Å². The van der Waals surface area contributed by atoms with Gasteiger partial charge in [-0.1, -0.05) is 31.5 Å². The molecule has 0 amide bonds. The lowest BCUT2D eigenvalue weighted by molar-refractivity contribution is 0.505. The predicted molar refractivity (Wildman–Crippen MR) is 58.0 cm³/mol. The smallest absolute Gasteiger partial charge is 0.141 e. The van der Waals surface area contributed by atoms with Crippen molar-refractivity contribution in [2.45, 2.75) is 19.8 Å². The van der Waals surface area contributed by atoms with Crippen molar-refractivity contribution in [1.82, 2.24) is 0 Å². The van der Waals surface area contributed by atoms with Gasteiger partial charge in [-0.15, -0.1) is 0 Å². The van der Waals surface area contributed by atoms with Gasteiger partial charge >= 0.3 is 0 Å². The second-order valence-electron chi connectivity index (χ2n) is 3.76. The van der Waals surface area contributed by atoms with Crippen LogP contribution in [0.3, 0.4) is 0 Å². The molecule has 2 N–H and O–H groups in total. The van der Waals surface area contributed by atoms with Gasteiger partial charge in [-0.25, -0.2) is 4.39 Å². The van der Waals surface area contributed by atoms with E-state index in [1.807, 2.05) is 0 Å². The lowest BCUT2D eigenvalue weighted by Crippen LogP contribution is -2.17. The normalized spacial score (nSPS) is 13.3. The Kier molecular flexibility index (Phi) is 3.90. The fourth-order valence-electron chi connectivity index (χ4n) is 1.54. The van der Waals surface area contributed by atoms with Crippen LogP contribution in [0.2, 0.25) is 5.02 Å². The van der Waals surface area contributed by atoms with Gasteiger partial charge in [-0.3, -0.25) is 0 Å². The van der Waals surface area contributed by atoms with E-state index >= 15 is 0 Å². The molecule has 1 unspecified atom stereocenters. The van der Waals surface area contributed by atoms with E-state index in [1.165, 1.54) is 6.07 Å². The van der Waals surface area contributed by atoms with E-state index in [4.69, 9.17) is 17.3 Å². The second kappa shape index (κ2) is 4.76. The van der Waals surface area contributed by atoms with Crippen LogP contribution in [-0.4, -0.2) is 6.54 Å². The Bertz CT molecular complexity index is 312. The molecule has 0 aliphatic rings. The van der Waals surface area contributed by atoms with Gasteiger partial charge in [-0.2, -0.15) is 0 Å². The largest absolute Gasteiger partial charge is 0.330 e. The molecule has 0 aliphatic carbocycles. The Morgan fingerprint density at radius 2 is 2.07 bits per heavy atom. The predicted octanol–water partition coefficient (Wildman–Crippen LogP) is 3.18. The van der Waals surface area contributed by atoms with Crippen LogP contribution >= 0.6 is 11.6 Å². The Morgan fingerprint density at radius 1 is 1.43 bits per heavy atom. The van der Waals surface area contributed by atoms with Gasteiger partial charge in [0.15, 0.2) is 0 Å². The van der Waals surface area contributed by atoms with Crippen molar-refractivity contribution in [2.75, 3.05) is 6.54 Å². The molecule has 0 spiro atoms. The molecule has 0 aromatic heterocycles. The molecule has 1 aromatic carbocycles. The summed E-state index contributed by atoms with van der Waals surface area (Å²) in [6, 6.07) is 4.80. The summed E-state index contributed by atoms with van der Waals surface area (Å²) in [4.78, 5) is 0. The summed E-state index contributed by atoms with van der Waals surface area (Å²) >= 11 is 5.70. The van der Waals surface area contributed by atoms with Crippen LogP contribution in [-0.2, 0) is 0 Å². The summed E-state index contributed by atoms with van der Waals surface area (Å²) in [6.45, 7) is 4.74. The zero-order valence-corrected chi connectivity index (χ0v) is 9.18. The zero-order chi connectivity index (χ0) is 10.7. The maximum atomic E-state index is 12.9. The molecule has 0 saturated heterocycles. The van der Waals surface area contributed by atoms with E-state index in [1.54, 1.807) is 12.1 Å². The van der Waals surface area contributed by atoms with Gasteiger partial charge in [0.1, 0.15) is 5.82 Å². The van der Waals surface area contributed by atoms with Gasteiger partial charge in [0.2, 0.25) is 0 Å². The first-order valence-electron chi connectivity index (χ1n) is 4.71. The number of benzene rings is 1. The molecule has 0 radical (unpaired) electrons. The molecule has 0 aliphatic heterocycles. The molecular formula is C11H15ClFN. The van der Waals surface area contributed by atoms with Crippen LogP contribution in [0.1, 0.15) is 25.3 Å². The standard InChI is InChI=1S/C11H15ClFN/c1-7(2)9(6-14)8-3-4-11(13)10(12)5-8/h3-5,7,9H,6,14H2,1-2H3. The topological polar surface area (TPSA) is 26.0 Å². The molecule has 78 valence electrons. The lowest BCUT2D eigenvalue weighted by atomic mass is 9.89. The Hall–Kier alpha value is -0.600. The van der Waals surface area contributed by atoms with Gasteiger partial charge in [0.25, 0.3) is 0 Å². The Labute approximate surface area is 89.1 Å². The maximum Gasteiger partial charge on any atom is 0.141 e. The highest BCUT2D eigenvalue weighted by molar-refractivity contribution is 6.30. The minimum atomic E-state index is -0.380. The summed E-state index contributed by atoms with van der Waals surface area (Å²) in [6.07, 6.45) is 0. The van der Waals surface area contributed by atoms with Crippen molar-refractivity contribution in [3.8, 4) is 0 Å². The summed E-state index contributed by atoms with van der Waals surface area (Å²) in [5.41, 5.74) is 6.67. The van der Waals surface area contributed by atoms with Crippen LogP contribution in [0.25, 0.3) is 0 Å². The highest BCUT2D eigenvalue weighted by atomic mass is 35.5. The maximum absolute atomic E-state index is 12.9. The number of rotatable bonds is 3. The second-order valence-corrected chi connectivity index (χ2v) is 4.17. The number of hydrogen-bond donors (Lipinski definition) is 1. The third kappa shape index (κ3) is 2.46. The van der Waals surface area contributed by atoms with E-state index in [-0.39, 0.29) is 16.8 Å². The minimum Gasteiger partial charge on any atom is -0.330 e. The molecule has 14 heavy (non-hydrogen) atoms. The van der Waals surface area contributed by atoms with Crippen molar-refractivity contribution >= 4 is 11.6 Å². The molecule has 0 heterocycles. The van der Waals surface area contributed by atoms with Crippen LogP contribution in [0.4, 0.5) is 4.39 Å². The zero-order valence-electron chi connectivity index (χ0n) is 8.43. The average Bonchev–Trinajstić information content (AvgIpc) is 2.11. The molecule has 1 nitrogen and oxygen atoms in total. The van der Waals surface area contributed by atoms with E-state index in [2.05, 4.69) is 13.8 Å².